The maximum absolute atomic E-state index is 11.2. The number of hydrazine groups is 1. The van der Waals surface area contributed by atoms with Gasteiger partial charge in [-0.1, -0.05) is 0 Å². The van der Waals surface area contributed by atoms with Crippen LogP contribution in [0.25, 0.3) is 0 Å². The zero-order valence-electron chi connectivity index (χ0n) is 9.60. The van der Waals surface area contributed by atoms with Gasteiger partial charge in [0.15, 0.2) is 5.76 Å². The van der Waals surface area contributed by atoms with Gasteiger partial charge in [-0.2, -0.15) is 5.10 Å². The first-order valence-corrected chi connectivity index (χ1v) is 5.08. The number of carbonyl (C=O) groups excluding carboxylic acids is 1. The molecule has 90 valence electrons. The third-order valence-corrected chi connectivity index (χ3v) is 2.28. The van der Waals surface area contributed by atoms with Gasteiger partial charge in [0.2, 0.25) is 0 Å². The molecule has 0 saturated carbocycles. The zero-order valence-corrected chi connectivity index (χ0v) is 9.60. The van der Waals surface area contributed by atoms with Crippen molar-refractivity contribution >= 4 is 5.91 Å². The highest BCUT2D eigenvalue weighted by molar-refractivity contribution is 5.90. The van der Waals surface area contributed by atoms with Crippen LogP contribution in [0, 0.1) is 13.8 Å². The topological polar surface area (TPSA) is 99.0 Å². The van der Waals surface area contributed by atoms with Crippen molar-refractivity contribution in [2.75, 3.05) is 0 Å². The first kappa shape index (κ1) is 11.3. The van der Waals surface area contributed by atoms with Gasteiger partial charge in [-0.25, -0.2) is 15.5 Å². The molecule has 0 fully saturated rings. The smallest absolute Gasteiger partial charge is 0.300 e. The predicted octanol–water partition coefficient (Wildman–Crippen LogP) is 0.140. The number of nitrogen functional groups attached to an aromatic ring is 1. The Morgan fingerprint density at radius 1 is 1.53 bits per heavy atom. The van der Waals surface area contributed by atoms with Crippen molar-refractivity contribution in [1.82, 2.24) is 20.2 Å². The molecule has 0 saturated heterocycles. The van der Waals surface area contributed by atoms with Crippen LogP contribution < -0.4 is 11.3 Å². The maximum Gasteiger partial charge on any atom is 0.300 e. The van der Waals surface area contributed by atoms with Gasteiger partial charge in [-0.3, -0.25) is 10.2 Å². The average Bonchev–Trinajstić information content (AvgIpc) is 2.86. The Kier molecular flexibility index (Phi) is 2.92. The molecule has 0 aliphatic heterocycles. The Labute approximate surface area is 97.6 Å². The van der Waals surface area contributed by atoms with E-state index in [4.69, 9.17) is 10.3 Å². The lowest BCUT2D eigenvalue weighted by atomic mass is 10.4. The Bertz CT molecular complexity index is 543. The van der Waals surface area contributed by atoms with Gasteiger partial charge in [0.1, 0.15) is 24.0 Å². The van der Waals surface area contributed by atoms with E-state index in [0.717, 1.165) is 5.82 Å². The Hall–Kier alpha value is -2.15. The van der Waals surface area contributed by atoms with E-state index in [2.05, 4.69) is 10.1 Å². The summed E-state index contributed by atoms with van der Waals surface area (Å²) in [4.78, 5) is 15.4. The minimum absolute atomic E-state index is 0.178. The Balaban J connectivity index is 2.17. The first-order chi connectivity index (χ1) is 8.10. The number of rotatable bonds is 3. The number of aryl methyl sites for hydroxylation is 2. The van der Waals surface area contributed by atoms with E-state index in [-0.39, 0.29) is 5.76 Å². The fourth-order valence-electron chi connectivity index (χ4n) is 1.51. The van der Waals surface area contributed by atoms with Crippen LogP contribution >= 0.6 is 0 Å². The summed E-state index contributed by atoms with van der Waals surface area (Å²) in [6, 6.07) is 3.28. The summed E-state index contributed by atoms with van der Waals surface area (Å²) < 4.78 is 7.03. The number of carbonyl (C=O) groups is 1. The molecule has 0 aliphatic rings. The van der Waals surface area contributed by atoms with Crippen LogP contribution in [0.4, 0.5) is 0 Å². The van der Waals surface area contributed by atoms with Crippen molar-refractivity contribution in [1.29, 1.82) is 0 Å². The zero-order chi connectivity index (χ0) is 12.4. The number of nitrogens with one attached hydrogen (secondary N) is 1. The lowest BCUT2D eigenvalue weighted by Gasteiger charge is -1.99. The number of aromatic nitrogens is 3. The molecule has 3 N–H and O–H groups in total. The van der Waals surface area contributed by atoms with Gasteiger partial charge in [0.05, 0.1) is 0 Å². The van der Waals surface area contributed by atoms with Crippen LogP contribution in [0.3, 0.4) is 0 Å². The predicted molar refractivity (Wildman–Crippen MR) is 59.0 cm³/mol. The fraction of sp³-hybridized carbons (Fsp3) is 0.300. The van der Waals surface area contributed by atoms with Gasteiger partial charge in [0.25, 0.3) is 0 Å². The number of nitrogens with two attached hydrogens (primary N) is 1. The van der Waals surface area contributed by atoms with Crippen molar-refractivity contribution in [3.63, 3.8) is 0 Å². The number of hydrogen-bond donors (Lipinski definition) is 2. The van der Waals surface area contributed by atoms with Crippen LogP contribution in [0.1, 0.15) is 28.0 Å². The van der Waals surface area contributed by atoms with Crippen molar-refractivity contribution in [2.45, 2.75) is 20.4 Å². The minimum Gasteiger partial charge on any atom is -0.454 e. The highest BCUT2D eigenvalue weighted by Gasteiger charge is 2.11. The monoisotopic (exact) mass is 235 g/mol. The summed E-state index contributed by atoms with van der Waals surface area (Å²) in [6.45, 7) is 4.11. The summed E-state index contributed by atoms with van der Waals surface area (Å²) in [6.07, 6.45) is 0. The molecule has 0 spiro atoms. The number of furan rings is 1. The van der Waals surface area contributed by atoms with E-state index in [1.807, 2.05) is 19.3 Å². The third-order valence-electron chi connectivity index (χ3n) is 2.28. The normalized spacial score (nSPS) is 10.5. The van der Waals surface area contributed by atoms with E-state index in [0.29, 0.717) is 18.1 Å². The molecule has 0 bridgehead atoms. The molecule has 0 aromatic carbocycles. The van der Waals surface area contributed by atoms with Gasteiger partial charge < -0.3 is 4.42 Å². The molecule has 0 unspecified atom stereocenters. The lowest BCUT2D eigenvalue weighted by Crippen LogP contribution is -2.29. The van der Waals surface area contributed by atoms with Crippen molar-refractivity contribution in [3.05, 3.63) is 35.3 Å². The molecule has 2 heterocycles. The molecular weight excluding hydrogens is 222 g/mol. The van der Waals surface area contributed by atoms with E-state index in [1.165, 1.54) is 0 Å². The highest BCUT2D eigenvalue weighted by atomic mass is 16.4. The van der Waals surface area contributed by atoms with Crippen molar-refractivity contribution in [3.8, 4) is 0 Å². The molecule has 2 aromatic rings. The Morgan fingerprint density at radius 3 is 2.88 bits per heavy atom. The number of nitrogens with zero attached hydrogens (tertiary/aromatic N) is 3. The minimum atomic E-state index is -0.456. The molecule has 0 radical (unpaired) electrons. The molecule has 0 aliphatic carbocycles. The average molecular weight is 235 g/mol. The first-order valence-electron chi connectivity index (χ1n) is 5.08. The van der Waals surface area contributed by atoms with E-state index in [1.54, 1.807) is 16.8 Å². The van der Waals surface area contributed by atoms with E-state index < -0.39 is 5.91 Å². The second-order valence-electron chi connectivity index (χ2n) is 3.60. The van der Waals surface area contributed by atoms with E-state index >= 15 is 0 Å². The standard InChI is InChI=1S/C10H13N5O2/c1-6-12-7(2)15(14-6)5-8-3-4-9(17-8)10(16)13-11/h3-4H,5,11H2,1-2H3,(H,13,16). The molecule has 1 amide bonds. The van der Waals surface area contributed by atoms with Gasteiger partial charge in [-0.05, 0) is 26.0 Å². The van der Waals surface area contributed by atoms with Gasteiger partial charge in [0, 0.05) is 0 Å². The molecule has 7 heteroatoms. The molecule has 17 heavy (non-hydrogen) atoms. The molecule has 7 nitrogen and oxygen atoms in total. The highest BCUT2D eigenvalue weighted by Crippen LogP contribution is 2.10. The van der Waals surface area contributed by atoms with Crippen molar-refractivity contribution < 1.29 is 9.21 Å². The fourth-order valence-corrected chi connectivity index (χ4v) is 1.51. The third kappa shape index (κ3) is 2.34. The molecular formula is C10H13N5O2. The quantitative estimate of drug-likeness (QED) is 0.448. The van der Waals surface area contributed by atoms with E-state index in [9.17, 15) is 4.79 Å². The van der Waals surface area contributed by atoms with Crippen molar-refractivity contribution in [2.24, 2.45) is 5.84 Å². The van der Waals surface area contributed by atoms with Crippen LogP contribution in [0.5, 0.6) is 0 Å². The summed E-state index contributed by atoms with van der Waals surface area (Å²) in [5.41, 5.74) is 2.01. The lowest BCUT2D eigenvalue weighted by molar-refractivity contribution is 0.0924. The summed E-state index contributed by atoms with van der Waals surface area (Å²) in [7, 11) is 0. The Morgan fingerprint density at radius 2 is 2.29 bits per heavy atom. The number of hydrogen-bond acceptors (Lipinski definition) is 5. The van der Waals surface area contributed by atoms with Crippen LogP contribution in [-0.4, -0.2) is 20.7 Å². The van der Waals surface area contributed by atoms with Gasteiger partial charge >= 0.3 is 5.91 Å². The van der Waals surface area contributed by atoms with Crippen LogP contribution in [0.2, 0.25) is 0 Å². The maximum atomic E-state index is 11.2. The second kappa shape index (κ2) is 4.38. The largest absolute Gasteiger partial charge is 0.454 e. The molecule has 2 aromatic heterocycles. The second-order valence-corrected chi connectivity index (χ2v) is 3.60. The summed E-state index contributed by atoms with van der Waals surface area (Å²) in [5.74, 6) is 6.85. The van der Waals surface area contributed by atoms with Crippen LogP contribution in [-0.2, 0) is 6.54 Å². The van der Waals surface area contributed by atoms with Crippen LogP contribution in [0.15, 0.2) is 16.5 Å². The summed E-state index contributed by atoms with van der Waals surface area (Å²) >= 11 is 0. The molecule has 2 rings (SSSR count). The van der Waals surface area contributed by atoms with Gasteiger partial charge in [-0.15, -0.1) is 0 Å². The summed E-state index contributed by atoms with van der Waals surface area (Å²) in [5, 5.41) is 4.20. The SMILES string of the molecule is Cc1nc(C)n(Cc2ccc(C(=O)NN)o2)n1. The molecule has 0 atom stereocenters. The number of amides is 1.